The molecular weight excluding hydrogens is 306 g/mol. The van der Waals surface area contributed by atoms with Crippen molar-refractivity contribution in [1.82, 2.24) is 9.97 Å². The lowest BCUT2D eigenvalue weighted by molar-refractivity contribution is -0.110. The van der Waals surface area contributed by atoms with Crippen LogP contribution in [0.25, 0.3) is 22.6 Å². The highest BCUT2D eigenvalue weighted by molar-refractivity contribution is 6.34. The van der Waals surface area contributed by atoms with E-state index in [-0.39, 0.29) is 5.91 Å². The molecule has 2 aromatic heterocycles. The largest absolute Gasteiger partial charge is 0.465 e. The number of nitrogens with one attached hydrogen (secondary N) is 2. The van der Waals surface area contributed by atoms with Gasteiger partial charge in [-0.2, -0.15) is 0 Å². The summed E-state index contributed by atoms with van der Waals surface area (Å²) < 4.78 is 4.76. The number of amides is 1. The first kappa shape index (κ1) is 14.2. The van der Waals surface area contributed by atoms with E-state index in [9.17, 15) is 9.59 Å². The number of ether oxygens (including phenoxy) is 1. The van der Waals surface area contributed by atoms with E-state index >= 15 is 0 Å². The van der Waals surface area contributed by atoms with Gasteiger partial charge in [0, 0.05) is 34.4 Å². The second kappa shape index (κ2) is 5.34. The second-order valence-electron chi connectivity index (χ2n) is 5.41. The molecule has 0 bridgehead atoms. The summed E-state index contributed by atoms with van der Waals surface area (Å²) in [6.45, 7) is 0. The van der Waals surface area contributed by atoms with E-state index in [2.05, 4.69) is 15.3 Å². The van der Waals surface area contributed by atoms with Crippen molar-refractivity contribution in [1.29, 1.82) is 0 Å². The zero-order valence-electron chi connectivity index (χ0n) is 12.8. The van der Waals surface area contributed by atoms with Gasteiger partial charge in [0.25, 0.3) is 5.91 Å². The number of hydrogen-bond donors (Lipinski definition) is 2. The van der Waals surface area contributed by atoms with E-state index in [0.717, 1.165) is 22.0 Å². The molecule has 0 aliphatic carbocycles. The fourth-order valence-corrected chi connectivity index (χ4v) is 2.82. The molecule has 0 saturated heterocycles. The lowest BCUT2D eigenvalue weighted by atomic mass is 10.0. The number of carbonyl (C=O) groups excluding carboxylic acids is 2. The summed E-state index contributed by atoms with van der Waals surface area (Å²) in [5.41, 5.74) is 3.46. The van der Waals surface area contributed by atoms with Gasteiger partial charge in [0.05, 0.1) is 18.2 Å². The average Bonchev–Trinajstić information content (AvgIpc) is 3.15. The highest BCUT2D eigenvalue weighted by atomic mass is 16.5. The Balaban J connectivity index is 1.85. The average molecular weight is 319 g/mol. The minimum atomic E-state index is -0.398. The molecule has 0 unspecified atom stereocenters. The fourth-order valence-electron chi connectivity index (χ4n) is 2.82. The Bertz CT molecular complexity index is 1020. The zero-order chi connectivity index (χ0) is 16.7. The summed E-state index contributed by atoms with van der Waals surface area (Å²) in [5.74, 6) is -0.0316. The Labute approximate surface area is 137 Å². The van der Waals surface area contributed by atoms with Gasteiger partial charge in [-0.05, 0) is 36.4 Å². The lowest BCUT2D eigenvalue weighted by Crippen LogP contribution is -2.04. The molecule has 1 aliphatic heterocycles. The third kappa shape index (κ3) is 2.16. The van der Waals surface area contributed by atoms with Crippen LogP contribution in [0.4, 0.5) is 5.82 Å². The molecule has 0 fully saturated rings. The highest BCUT2D eigenvalue weighted by Crippen LogP contribution is 2.32. The van der Waals surface area contributed by atoms with Crippen LogP contribution >= 0.6 is 0 Å². The van der Waals surface area contributed by atoms with Gasteiger partial charge in [-0.1, -0.05) is 0 Å². The minimum Gasteiger partial charge on any atom is -0.465 e. The number of methoxy groups -OCH3 is 1. The molecule has 118 valence electrons. The van der Waals surface area contributed by atoms with Crippen molar-refractivity contribution >= 4 is 40.2 Å². The first-order valence-electron chi connectivity index (χ1n) is 7.35. The summed E-state index contributed by atoms with van der Waals surface area (Å²) in [7, 11) is 1.35. The molecule has 1 aliphatic rings. The Morgan fingerprint density at radius 2 is 2.17 bits per heavy atom. The lowest BCUT2D eigenvalue weighted by Gasteiger charge is -2.00. The van der Waals surface area contributed by atoms with E-state index in [1.54, 1.807) is 36.7 Å². The molecule has 2 N–H and O–H groups in total. The van der Waals surface area contributed by atoms with E-state index < -0.39 is 5.97 Å². The number of hydrogen-bond acceptors (Lipinski definition) is 4. The molecule has 4 rings (SSSR count). The van der Waals surface area contributed by atoms with Gasteiger partial charge in [-0.3, -0.25) is 4.79 Å². The van der Waals surface area contributed by atoms with Crippen LogP contribution in [0.3, 0.4) is 0 Å². The molecule has 1 aromatic carbocycles. The number of anilines is 1. The molecule has 0 saturated carbocycles. The highest BCUT2D eigenvalue weighted by Gasteiger charge is 2.25. The van der Waals surface area contributed by atoms with Crippen molar-refractivity contribution in [3.63, 3.8) is 0 Å². The summed E-state index contributed by atoms with van der Waals surface area (Å²) in [4.78, 5) is 31.2. The smallest absolute Gasteiger partial charge is 0.337 e. The third-order valence-corrected chi connectivity index (χ3v) is 4.01. The van der Waals surface area contributed by atoms with Gasteiger partial charge in [-0.15, -0.1) is 0 Å². The van der Waals surface area contributed by atoms with Crippen LogP contribution in [-0.2, 0) is 9.53 Å². The maximum absolute atomic E-state index is 12.2. The molecule has 0 radical (unpaired) electrons. The number of aromatic amines is 1. The summed E-state index contributed by atoms with van der Waals surface area (Å²) in [6, 6.07) is 8.90. The number of nitrogens with zero attached hydrogens (tertiary/aromatic N) is 1. The van der Waals surface area contributed by atoms with Crippen molar-refractivity contribution in [2.75, 3.05) is 12.4 Å². The van der Waals surface area contributed by atoms with E-state index in [0.29, 0.717) is 17.0 Å². The van der Waals surface area contributed by atoms with Crippen LogP contribution in [0.1, 0.15) is 21.5 Å². The van der Waals surface area contributed by atoms with Crippen LogP contribution in [-0.4, -0.2) is 29.0 Å². The molecule has 1 amide bonds. The number of esters is 1. The molecule has 6 heteroatoms. The van der Waals surface area contributed by atoms with Gasteiger partial charge >= 0.3 is 5.97 Å². The van der Waals surface area contributed by atoms with E-state index in [1.807, 2.05) is 12.1 Å². The molecular formula is C18H13N3O3. The second-order valence-corrected chi connectivity index (χ2v) is 5.41. The molecule has 0 atom stereocenters. The minimum absolute atomic E-state index is 0.192. The Morgan fingerprint density at radius 3 is 3.00 bits per heavy atom. The molecule has 0 spiro atoms. The number of benzene rings is 1. The van der Waals surface area contributed by atoms with Gasteiger partial charge in [-0.25, -0.2) is 9.78 Å². The van der Waals surface area contributed by atoms with Gasteiger partial charge < -0.3 is 15.0 Å². The molecule has 24 heavy (non-hydrogen) atoms. The number of fused-ring (bicyclic) bond motifs is 2. The van der Waals surface area contributed by atoms with Crippen molar-refractivity contribution < 1.29 is 14.3 Å². The van der Waals surface area contributed by atoms with Gasteiger partial charge in [0.2, 0.25) is 0 Å². The number of carbonyl (C=O) groups is 2. The zero-order valence-corrected chi connectivity index (χ0v) is 12.8. The number of rotatable bonds is 2. The summed E-state index contributed by atoms with van der Waals surface area (Å²) in [6.07, 6.45) is 5.24. The molecule has 3 aromatic rings. The van der Waals surface area contributed by atoms with E-state index in [4.69, 9.17) is 4.74 Å². The molecule has 3 heterocycles. The standard InChI is InChI=1S/C18H13N3O3/c1-24-18(23)10-4-5-15-13(7-10)11(9-20-15)8-14-12-3-2-6-19-16(12)21-17(14)22/h2-9,20H,1H3,(H,19,21,22). The van der Waals surface area contributed by atoms with Crippen molar-refractivity contribution in [2.24, 2.45) is 0 Å². The van der Waals surface area contributed by atoms with Crippen LogP contribution < -0.4 is 5.32 Å². The van der Waals surface area contributed by atoms with Crippen molar-refractivity contribution in [3.8, 4) is 0 Å². The van der Waals surface area contributed by atoms with Crippen LogP contribution in [0.15, 0.2) is 42.7 Å². The Morgan fingerprint density at radius 1 is 1.29 bits per heavy atom. The predicted molar refractivity (Wildman–Crippen MR) is 90.4 cm³/mol. The summed E-state index contributed by atoms with van der Waals surface area (Å²) in [5, 5.41) is 3.59. The maximum Gasteiger partial charge on any atom is 0.337 e. The monoisotopic (exact) mass is 319 g/mol. The third-order valence-electron chi connectivity index (χ3n) is 4.01. The predicted octanol–water partition coefficient (Wildman–Crippen LogP) is 2.84. The maximum atomic E-state index is 12.2. The van der Waals surface area contributed by atoms with E-state index in [1.165, 1.54) is 7.11 Å². The topological polar surface area (TPSA) is 84.1 Å². The quantitative estimate of drug-likeness (QED) is 0.562. The number of H-pyrrole nitrogens is 1. The number of pyridine rings is 1. The first-order chi connectivity index (χ1) is 11.7. The normalized spacial score (nSPS) is 14.7. The van der Waals surface area contributed by atoms with Crippen LogP contribution in [0, 0.1) is 0 Å². The number of aromatic nitrogens is 2. The van der Waals surface area contributed by atoms with Gasteiger partial charge in [0.15, 0.2) is 0 Å². The summed E-state index contributed by atoms with van der Waals surface area (Å²) >= 11 is 0. The Hall–Kier alpha value is -3.41. The first-order valence-corrected chi connectivity index (χ1v) is 7.35. The van der Waals surface area contributed by atoms with Crippen LogP contribution in [0.5, 0.6) is 0 Å². The fraction of sp³-hybridized carbons (Fsp3) is 0.0556. The van der Waals surface area contributed by atoms with Crippen LogP contribution in [0.2, 0.25) is 0 Å². The molecule has 6 nitrogen and oxygen atoms in total. The SMILES string of the molecule is COC(=O)c1ccc2[nH]cc(C=C3C(=O)Nc4ncccc43)c2c1. The van der Waals surface area contributed by atoms with Crippen molar-refractivity contribution in [2.45, 2.75) is 0 Å². The van der Waals surface area contributed by atoms with Crippen molar-refractivity contribution in [3.05, 3.63) is 59.4 Å². The Kier molecular flexibility index (Phi) is 3.16. The van der Waals surface area contributed by atoms with Gasteiger partial charge in [0.1, 0.15) is 5.82 Å².